The zero-order chi connectivity index (χ0) is 27.4. The number of methoxy groups -OCH3 is 1. The number of aldehydes is 1. The van der Waals surface area contributed by atoms with Crippen molar-refractivity contribution in [3.8, 4) is 5.75 Å². The summed E-state index contributed by atoms with van der Waals surface area (Å²) < 4.78 is 53.7. The van der Waals surface area contributed by atoms with E-state index in [0.29, 0.717) is 17.4 Å². The van der Waals surface area contributed by atoms with Crippen molar-refractivity contribution in [3.63, 3.8) is 0 Å². The van der Waals surface area contributed by atoms with Crippen LogP contribution in [-0.2, 0) is 30.9 Å². The number of anilines is 2. The molecular formula is C24H24FN3O7S2. The first-order valence-electron chi connectivity index (χ1n) is 10.7. The Hall–Kier alpha value is -3.84. The number of sulfonamides is 1. The van der Waals surface area contributed by atoms with Crippen molar-refractivity contribution >= 4 is 50.2 Å². The third kappa shape index (κ3) is 6.68. The number of carbonyl (C=O) groups excluding carboxylic acids is 3. The van der Waals surface area contributed by atoms with Crippen molar-refractivity contribution in [2.45, 2.75) is 37.8 Å². The first-order valence-corrected chi connectivity index (χ1v) is 13.1. The molecule has 0 spiro atoms. The Bertz CT molecular complexity index is 1410. The first-order chi connectivity index (χ1) is 17.4. The van der Waals surface area contributed by atoms with Crippen LogP contribution in [0.1, 0.15) is 36.8 Å². The van der Waals surface area contributed by atoms with Crippen LogP contribution >= 0.6 is 11.3 Å². The summed E-state index contributed by atoms with van der Waals surface area (Å²) in [6.07, 6.45) is -0.0390. The molecular weight excluding hydrogens is 525 g/mol. The second-order valence-corrected chi connectivity index (χ2v) is 11.3. The lowest BCUT2D eigenvalue weighted by molar-refractivity contribution is -0.127. The van der Waals surface area contributed by atoms with Gasteiger partial charge in [0, 0.05) is 0 Å². The van der Waals surface area contributed by atoms with Gasteiger partial charge in [-0.25, -0.2) is 22.6 Å². The smallest absolute Gasteiger partial charge is 0.360 e. The molecule has 3 rings (SSSR count). The van der Waals surface area contributed by atoms with E-state index < -0.39 is 38.2 Å². The minimum Gasteiger partial charge on any atom is -0.497 e. The molecule has 1 aromatic heterocycles. The summed E-state index contributed by atoms with van der Waals surface area (Å²) in [4.78, 5) is 38.3. The van der Waals surface area contributed by atoms with Crippen molar-refractivity contribution in [2.75, 3.05) is 16.7 Å². The molecule has 3 aromatic rings. The van der Waals surface area contributed by atoms with Gasteiger partial charge in [0.15, 0.2) is 5.69 Å². The van der Waals surface area contributed by atoms with E-state index >= 15 is 0 Å². The third-order valence-electron chi connectivity index (χ3n) is 4.75. The summed E-state index contributed by atoms with van der Waals surface area (Å²) in [5.41, 5.74) is 0.410. The molecule has 0 saturated carbocycles. The third-order valence-corrected chi connectivity index (χ3v) is 7.45. The fraction of sp³-hybridized carbons (Fsp3) is 0.250. The van der Waals surface area contributed by atoms with Gasteiger partial charge in [-0.2, -0.15) is 0 Å². The second-order valence-electron chi connectivity index (χ2n) is 8.62. The van der Waals surface area contributed by atoms with Crippen LogP contribution in [0.15, 0.2) is 52.9 Å². The highest BCUT2D eigenvalue weighted by molar-refractivity contribution is 7.93. The molecule has 0 unspecified atom stereocenters. The molecule has 0 atom stereocenters. The van der Waals surface area contributed by atoms with Crippen LogP contribution in [0.2, 0.25) is 0 Å². The number of carbonyl (C=O) groups is 3. The number of aromatic nitrogens is 1. The SMILES string of the molecule is COc1ccc(CN(c2scnc2C(=O)OC(C)(C)C)S(=O)(=O)c2ccc(NC(=O)C=O)c(F)c2)cc1. The lowest BCUT2D eigenvalue weighted by Crippen LogP contribution is -2.32. The van der Waals surface area contributed by atoms with E-state index in [1.165, 1.54) is 12.6 Å². The summed E-state index contributed by atoms with van der Waals surface area (Å²) in [5, 5.41) is 2.00. The number of nitrogens with one attached hydrogen (secondary N) is 1. The van der Waals surface area contributed by atoms with Crippen LogP contribution in [0, 0.1) is 5.82 Å². The van der Waals surface area contributed by atoms with Crippen LogP contribution in [0.4, 0.5) is 15.1 Å². The number of benzene rings is 2. The summed E-state index contributed by atoms with van der Waals surface area (Å²) in [5.74, 6) is -2.43. The molecule has 1 N–H and O–H groups in total. The Labute approximate surface area is 217 Å². The topological polar surface area (TPSA) is 132 Å². The maximum Gasteiger partial charge on any atom is 0.360 e. The molecule has 1 amide bonds. The van der Waals surface area contributed by atoms with Crippen molar-refractivity contribution in [2.24, 2.45) is 0 Å². The monoisotopic (exact) mass is 549 g/mol. The predicted molar refractivity (Wildman–Crippen MR) is 135 cm³/mol. The quantitative estimate of drug-likeness (QED) is 0.242. The molecule has 0 bridgehead atoms. The molecule has 0 aliphatic carbocycles. The van der Waals surface area contributed by atoms with Gasteiger partial charge in [-0.1, -0.05) is 12.1 Å². The van der Waals surface area contributed by atoms with Gasteiger partial charge in [-0.05, 0) is 56.7 Å². The maximum atomic E-state index is 14.7. The summed E-state index contributed by atoms with van der Waals surface area (Å²) in [7, 11) is -2.98. The average molecular weight is 550 g/mol. The van der Waals surface area contributed by atoms with Crippen LogP contribution in [-0.4, -0.2) is 44.3 Å². The van der Waals surface area contributed by atoms with E-state index in [4.69, 9.17) is 9.47 Å². The average Bonchev–Trinajstić information content (AvgIpc) is 3.32. The highest BCUT2D eigenvalue weighted by Gasteiger charge is 2.33. The number of nitrogens with zero attached hydrogens (tertiary/aromatic N) is 2. The second kappa shape index (κ2) is 11.0. The van der Waals surface area contributed by atoms with Gasteiger partial charge in [0.2, 0.25) is 6.29 Å². The van der Waals surface area contributed by atoms with Crippen LogP contribution in [0.25, 0.3) is 0 Å². The molecule has 0 radical (unpaired) electrons. The first kappa shape index (κ1) is 27.7. The minimum atomic E-state index is -4.47. The van der Waals surface area contributed by atoms with Crippen molar-refractivity contribution in [1.82, 2.24) is 4.98 Å². The van der Waals surface area contributed by atoms with Crippen molar-refractivity contribution in [1.29, 1.82) is 0 Å². The summed E-state index contributed by atoms with van der Waals surface area (Å²) in [6, 6.07) is 9.40. The highest BCUT2D eigenvalue weighted by atomic mass is 32.2. The lowest BCUT2D eigenvalue weighted by Gasteiger charge is -2.25. The molecule has 0 aliphatic rings. The zero-order valence-electron chi connectivity index (χ0n) is 20.3. The van der Waals surface area contributed by atoms with Crippen LogP contribution < -0.4 is 14.4 Å². The number of halogens is 1. The van der Waals surface area contributed by atoms with E-state index in [1.807, 2.05) is 5.32 Å². The van der Waals surface area contributed by atoms with E-state index in [1.54, 1.807) is 45.0 Å². The van der Waals surface area contributed by atoms with Gasteiger partial charge < -0.3 is 14.8 Å². The van der Waals surface area contributed by atoms with Crippen LogP contribution in [0.3, 0.4) is 0 Å². The number of amides is 1. The fourth-order valence-corrected chi connectivity index (χ4v) is 5.58. The minimum absolute atomic E-state index is 0.0242. The summed E-state index contributed by atoms with van der Waals surface area (Å²) in [6.45, 7) is 4.76. The van der Waals surface area contributed by atoms with E-state index in [9.17, 15) is 27.2 Å². The maximum absolute atomic E-state index is 14.7. The summed E-state index contributed by atoms with van der Waals surface area (Å²) >= 11 is 0.900. The molecule has 0 fully saturated rings. The van der Waals surface area contributed by atoms with Gasteiger partial charge in [0.25, 0.3) is 15.9 Å². The van der Waals surface area contributed by atoms with Gasteiger partial charge in [-0.15, -0.1) is 11.3 Å². The normalized spacial score (nSPS) is 11.5. The van der Waals surface area contributed by atoms with E-state index in [2.05, 4.69) is 4.98 Å². The molecule has 2 aromatic carbocycles. The Morgan fingerprint density at radius 2 is 1.84 bits per heavy atom. The number of thiazole rings is 1. The standard InChI is InChI=1S/C24H24FN3O7S2/c1-24(2,3)35-23(31)21-22(36-14-26-21)28(12-15-5-7-16(34-4)8-6-15)37(32,33)17-9-10-19(18(25)11-17)27-20(30)13-29/h5-11,13-14H,12H2,1-4H3,(H,27,30). The van der Waals surface area contributed by atoms with Crippen LogP contribution in [0.5, 0.6) is 5.75 Å². The van der Waals surface area contributed by atoms with Crippen molar-refractivity contribution < 1.29 is 36.7 Å². The molecule has 196 valence electrons. The predicted octanol–water partition coefficient (Wildman–Crippen LogP) is 3.78. The zero-order valence-corrected chi connectivity index (χ0v) is 22.0. The van der Waals surface area contributed by atoms with Gasteiger partial charge in [0.05, 0.1) is 29.7 Å². The van der Waals surface area contributed by atoms with E-state index in [-0.39, 0.29) is 29.2 Å². The fourth-order valence-electron chi connectivity index (χ4n) is 3.09. The molecule has 13 heteroatoms. The molecule has 1 heterocycles. The Morgan fingerprint density at radius 1 is 1.16 bits per heavy atom. The largest absolute Gasteiger partial charge is 0.497 e. The number of ether oxygens (including phenoxy) is 2. The Morgan fingerprint density at radius 3 is 2.41 bits per heavy atom. The van der Waals surface area contributed by atoms with E-state index in [0.717, 1.165) is 27.8 Å². The molecule has 0 aliphatic heterocycles. The Balaban J connectivity index is 2.09. The number of esters is 1. The van der Waals surface area contributed by atoms with Gasteiger partial charge >= 0.3 is 5.97 Å². The number of hydrogen-bond donors (Lipinski definition) is 1. The lowest BCUT2D eigenvalue weighted by atomic mass is 10.2. The molecule has 10 nitrogen and oxygen atoms in total. The number of rotatable bonds is 9. The Kier molecular flexibility index (Phi) is 8.28. The molecule has 37 heavy (non-hydrogen) atoms. The number of hydrogen-bond acceptors (Lipinski definition) is 9. The molecule has 0 saturated heterocycles. The van der Waals surface area contributed by atoms with Gasteiger partial charge in [-0.3, -0.25) is 13.9 Å². The van der Waals surface area contributed by atoms with Crippen molar-refractivity contribution in [3.05, 3.63) is 65.0 Å². The highest BCUT2D eigenvalue weighted by Crippen LogP contribution is 2.34. The van der Waals surface area contributed by atoms with Gasteiger partial charge in [0.1, 0.15) is 22.2 Å².